The zero-order valence-electron chi connectivity index (χ0n) is 6.12. The summed E-state index contributed by atoms with van der Waals surface area (Å²) in [5, 5.41) is 0. The number of nitrogens with zero attached hydrogens (tertiary/aromatic N) is 1. The summed E-state index contributed by atoms with van der Waals surface area (Å²) in [5.41, 5.74) is 2.23. The van der Waals surface area contributed by atoms with Crippen molar-refractivity contribution in [2.45, 2.75) is 6.42 Å². The molecule has 0 spiro atoms. The molecule has 0 saturated carbocycles. The second-order valence-electron chi connectivity index (χ2n) is 2.44. The van der Waals surface area contributed by atoms with Crippen LogP contribution in [0.25, 0.3) is 0 Å². The molecule has 0 fully saturated rings. The molecule has 1 aliphatic rings. The molecule has 1 aromatic carbocycles. The normalized spacial score (nSPS) is 15.1. The minimum absolute atomic E-state index is 0.945. The van der Waals surface area contributed by atoms with Gasteiger partial charge in [0.25, 0.3) is 0 Å². The lowest BCUT2D eigenvalue weighted by Crippen LogP contribution is -1.94. The summed E-state index contributed by atoms with van der Waals surface area (Å²) in [6.07, 6.45) is 4.84. The van der Waals surface area contributed by atoms with Crippen molar-refractivity contribution in [3.63, 3.8) is 0 Å². The number of aliphatic imine (C=N–C) groups is 1. The Balaban J connectivity index is 2.31. The fourth-order valence-electron chi connectivity index (χ4n) is 1.11. The van der Waals surface area contributed by atoms with E-state index in [2.05, 4.69) is 17.1 Å². The molecule has 1 aromatic rings. The van der Waals surface area contributed by atoms with Gasteiger partial charge in [0.05, 0.1) is 0 Å². The van der Waals surface area contributed by atoms with Gasteiger partial charge >= 0.3 is 0 Å². The number of allylic oxidation sites excluding steroid dienone is 1. The summed E-state index contributed by atoms with van der Waals surface area (Å²) in [5.74, 6) is 0. The van der Waals surface area contributed by atoms with Gasteiger partial charge in [0, 0.05) is 6.20 Å². The summed E-state index contributed by atoms with van der Waals surface area (Å²) >= 11 is 0. The predicted molar refractivity (Wildman–Crippen MR) is 45.6 cm³/mol. The number of hydrogen-bond donors (Lipinski definition) is 0. The van der Waals surface area contributed by atoms with Gasteiger partial charge in [-0.25, -0.2) is 0 Å². The molecule has 2 rings (SSSR count). The van der Waals surface area contributed by atoms with Gasteiger partial charge < -0.3 is 4.99 Å². The van der Waals surface area contributed by atoms with Gasteiger partial charge in [-0.05, 0) is 12.1 Å². The van der Waals surface area contributed by atoms with Crippen molar-refractivity contribution in [2.75, 3.05) is 0 Å². The van der Waals surface area contributed by atoms with Crippen molar-refractivity contribution in [3.8, 4) is 0 Å². The number of rotatable bonds is 1. The molecule has 1 heterocycles. The molecule has 0 atom stereocenters. The Kier molecular flexibility index (Phi) is 1.56. The van der Waals surface area contributed by atoms with Crippen LogP contribution in [0, 0.1) is 6.07 Å². The van der Waals surface area contributed by atoms with E-state index in [-0.39, 0.29) is 0 Å². The van der Waals surface area contributed by atoms with Crippen LogP contribution in [0.4, 0.5) is 0 Å². The van der Waals surface area contributed by atoms with Crippen molar-refractivity contribution in [1.82, 2.24) is 0 Å². The Bertz CT molecular complexity index is 296. The fourth-order valence-corrected chi connectivity index (χ4v) is 1.11. The van der Waals surface area contributed by atoms with E-state index >= 15 is 0 Å². The van der Waals surface area contributed by atoms with Crippen LogP contribution in [0.2, 0.25) is 0 Å². The van der Waals surface area contributed by atoms with E-state index in [1.165, 1.54) is 0 Å². The van der Waals surface area contributed by atoms with Gasteiger partial charge in [0.15, 0.2) is 0 Å². The average Bonchev–Trinajstić information content (AvgIpc) is 2.58. The standard InChI is InChI=1S/C10H8N/c1-2-5-9(6-3-1)10-7-4-8-11-10/h1-5,8H,7H2/q-1. The molecule has 0 aromatic heterocycles. The first-order valence-electron chi connectivity index (χ1n) is 3.65. The lowest BCUT2D eigenvalue weighted by molar-refractivity contribution is 1.49. The van der Waals surface area contributed by atoms with Crippen LogP contribution >= 0.6 is 0 Å². The predicted octanol–water partition coefficient (Wildman–Crippen LogP) is 2.19. The topological polar surface area (TPSA) is 12.4 Å². The van der Waals surface area contributed by atoms with E-state index in [4.69, 9.17) is 0 Å². The van der Waals surface area contributed by atoms with E-state index < -0.39 is 0 Å². The molecule has 0 radical (unpaired) electrons. The molecule has 1 aliphatic heterocycles. The minimum atomic E-state index is 0.945. The lowest BCUT2D eigenvalue weighted by Gasteiger charge is -2.05. The highest BCUT2D eigenvalue weighted by Crippen LogP contribution is 2.08. The molecule has 0 saturated heterocycles. The van der Waals surface area contributed by atoms with Gasteiger partial charge in [0.2, 0.25) is 0 Å². The van der Waals surface area contributed by atoms with Crippen molar-refractivity contribution in [3.05, 3.63) is 48.2 Å². The molecule has 11 heavy (non-hydrogen) atoms. The molecule has 54 valence electrons. The largest absolute Gasteiger partial charge is 0.309 e. The van der Waals surface area contributed by atoms with E-state index in [0.29, 0.717) is 0 Å². The Morgan fingerprint density at radius 1 is 1.36 bits per heavy atom. The Labute approximate surface area is 66.1 Å². The van der Waals surface area contributed by atoms with Crippen LogP contribution in [0.15, 0.2) is 41.5 Å². The zero-order chi connectivity index (χ0) is 7.52. The molecule has 0 aliphatic carbocycles. The highest BCUT2D eigenvalue weighted by Gasteiger charge is 1.95. The quantitative estimate of drug-likeness (QED) is 0.533. The Morgan fingerprint density at radius 2 is 2.36 bits per heavy atom. The molecule has 1 nitrogen and oxygen atoms in total. The molecule has 0 bridgehead atoms. The minimum Gasteiger partial charge on any atom is -0.309 e. The maximum atomic E-state index is 4.21. The smallest absolute Gasteiger partial charge is 0.0113 e. The summed E-state index contributed by atoms with van der Waals surface area (Å²) in [6.45, 7) is 0. The highest BCUT2D eigenvalue weighted by molar-refractivity contribution is 6.02. The third-order valence-electron chi connectivity index (χ3n) is 1.67. The van der Waals surface area contributed by atoms with Gasteiger partial charge in [-0.2, -0.15) is 0 Å². The summed E-state index contributed by atoms with van der Waals surface area (Å²) in [6, 6.07) is 11.1. The monoisotopic (exact) mass is 142 g/mol. The molecule has 1 heteroatoms. The molecular weight excluding hydrogens is 134 g/mol. The van der Waals surface area contributed by atoms with Gasteiger partial charge in [0.1, 0.15) is 0 Å². The van der Waals surface area contributed by atoms with Gasteiger partial charge in [-0.3, -0.25) is 0 Å². The number of hydrogen-bond acceptors (Lipinski definition) is 1. The first-order valence-corrected chi connectivity index (χ1v) is 3.65. The fraction of sp³-hybridized carbons (Fsp3) is 0.100. The maximum Gasteiger partial charge on any atom is 0.0113 e. The van der Waals surface area contributed by atoms with Crippen LogP contribution in [0.5, 0.6) is 0 Å². The van der Waals surface area contributed by atoms with Crippen LogP contribution in [0.1, 0.15) is 12.0 Å². The van der Waals surface area contributed by atoms with Crippen LogP contribution in [-0.4, -0.2) is 5.71 Å². The third kappa shape index (κ3) is 1.22. The van der Waals surface area contributed by atoms with Crippen molar-refractivity contribution < 1.29 is 0 Å². The lowest BCUT2D eigenvalue weighted by atomic mass is 10.1. The molecular formula is C10H8N-. The van der Waals surface area contributed by atoms with Crippen LogP contribution in [-0.2, 0) is 0 Å². The summed E-state index contributed by atoms with van der Waals surface area (Å²) in [7, 11) is 0. The van der Waals surface area contributed by atoms with Crippen LogP contribution in [0.3, 0.4) is 0 Å². The molecule has 0 unspecified atom stereocenters. The third-order valence-corrected chi connectivity index (χ3v) is 1.67. The Hall–Kier alpha value is -1.37. The Morgan fingerprint density at radius 3 is 3.00 bits per heavy atom. The summed E-state index contributed by atoms with van der Waals surface area (Å²) in [4.78, 5) is 4.21. The SMILES string of the molecule is [c-]1ccccc1C1=NC=CC1. The average molecular weight is 142 g/mol. The van der Waals surface area contributed by atoms with E-state index in [0.717, 1.165) is 17.7 Å². The first kappa shape index (κ1) is 6.35. The van der Waals surface area contributed by atoms with Gasteiger partial charge in [-0.1, -0.05) is 6.08 Å². The van der Waals surface area contributed by atoms with E-state index in [1.807, 2.05) is 30.5 Å². The van der Waals surface area contributed by atoms with E-state index in [1.54, 1.807) is 0 Å². The maximum absolute atomic E-state index is 4.21. The van der Waals surface area contributed by atoms with Gasteiger partial charge in [-0.15, -0.1) is 35.9 Å². The van der Waals surface area contributed by atoms with E-state index in [9.17, 15) is 0 Å². The summed E-state index contributed by atoms with van der Waals surface area (Å²) < 4.78 is 0. The first-order chi connectivity index (χ1) is 5.47. The zero-order valence-corrected chi connectivity index (χ0v) is 6.12. The second kappa shape index (κ2) is 2.70. The second-order valence-corrected chi connectivity index (χ2v) is 2.44. The highest BCUT2D eigenvalue weighted by atomic mass is 14.7. The van der Waals surface area contributed by atoms with Crippen molar-refractivity contribution >= 4 is 5.71 Å². The molecule has 0 amide bonds. The molecule has 0 N–H and O–H groups in total. The van der Waals surface area contributed by atoms with Crippen molar-refractivity contribution in [2.24, 2.45) is 4.99 Å². The number of benzene rings is 1. The van der Waals surface area contributed by atoms with Crippen LogP contribution < -0.4 is 0 Å². The van der Waals surface area contributed by atoms with Crippen molar-refractivity contribution in [1.29, 1.82) is 0 Å².